The lowest BCUT2D eigenvalue weighted by molar-refractivity contribution is -0.141. The van der Waals surface area contributed by atoms with Crippen LogP contribution in [0.4, 0.5) is 10.1 Å². The lowest BCUT2D eigenvalue weighted by atomic mass is 9.74. The third-order valence-electron chi connectivity index (χ3n) is 5.58. The second-order valence-corrected chi connectivity index (χ2v) is 8.66. The van der Waals surface area contributed by atoms with E-state index in [0.717, 1.165) is 5.69 Å². The molecule has 2 aliphatic heterocycles. The molecule has 4 atom stereocenters. The lowest BCUT2D eigenvalue weighted by Crippen LogP contribution is -2.58. The smallest absolute Gasteiger partial charge is 0.481 e. The van der Waals surface area contributed by atoms with Gasteiger partial charge in [0.1, 0.15) is 18.0 Å². The van der Waals surface area contributed by atoms with E-state index >= 15 is 0 Å². The molecule has 33 heavy (non-hydrogen) atoms. The fourth-order valence-electron chi connectivity index (χ4n) is 3.90. The molecule has 10 nitrogen and oxygen atoms in total. The predicted molar refractivity (Wildman–Crippen MR) is 117 cm³/mol. The zero-order chi connectivity index (χ0) is 24.1. The van der Waals surface area contributed by atoms with Crippen molar-refractivity contribution >= 4 is 30.6 Å². The minimum atomic E-state index is -1.41. The number of carboxylic acid groups (broad SMARTS) is 1. The van der Waals surface area contributed by atoms with Gasteiger partial charge in [-0.05, 0) is 43.0 Å². The number of hydrogen-bond donors (Lipinski definition) is 4. The molecule has 180 valence electrons. The van der Waals surface area contributed by atoms with Gasteiger partial charge in [0.25, 0.3) is 0 Å². The van der Waals surface area contributed by atoms with Gasteiger partial charge in [0.05, 0.1) is 18.9 Å². The quantitative estimate of drug-likeness (QED) is 0.362. The summed E-state index contributed by atoms with van der Waals surface area (Å²) < 4.78 is 24.0. The number of aliphatic carboxylic acids is 1. The Hall–Kier alpha value is -2.70. The van der Waals surface area contributed by atoms with Crippen LogP contribution in [0, 0.1) is 11.7 Å². The van der Waals surface area contributed by atoms with Crippen LogP contribution in [0.15, 0.2) is 24.3 Å². The van der Waals surface area contributed by atoms with E-state index in [1.807, 2.05) is 18.7 Å². The number of carboxylic acids is 1. The summed E-state index contributed by atoms with van der Waals surface area (Å²) in [6.45, 7) is 4.25. The number of hydrogen-bond acceptors (Lipinski definition) is 7. The highest BCUT2D eigenvalue weighted by molar-refractivity contribution is 6.47. The molecule has 12 heteroatoms. The average molecular weight is 465 g/mol. The maximum absolute atomic E-state index is 13.1. The maximum atomic E-state index is 13.1. The van der Waals surface area contributed by atoms with Crippen LogP contribution in [-0.2, 0) is 23.7 Å². The van der Waals surface area contributed by atoms with Crippen LogP contribution in [0.25, 0.3) is 0 Å². The summed E-state index contributed by atoms with van der Waals surface area (Å²) in [6.07, 6.45) is -1.80. The van der Waals surface area contributed by atoms with Crippen LogP contribution in [0.5, 0.6) is 0 Å². The van der Waals surface area contributed by atoms with Crippen molar-refractivity contribution < 1.29 is 38.3 Å². The number of nitrogens with zero attached hydrogens (tertiary/aromatic N) is 1. The molecule has 0 saturated carbocycles. The number of rotatable bonds is 10. The van der Waals surface area contributed by atoms with E-state index in [2.05, 4.69) is 10.6 Å². The first kappa shape index (κ1) is 24.9. The second kappa shape index (κ2) is 10.9. The maximum Gasteiger partial charge on any atom is 0.483 e. The number of benzene rings is 1. The van der Waals surface area contributed by atoms with Gasteiger partial charge in [0.2, 0.25) is 11.8 Å². The second-order valence-electron chi connectivity index (χ2n) is 8.66. The molecule has 1 aromatic rings. The van der Waals surface area contributed by atoms with Crippen molar-refractivity contribution in [2.24, 2.45) is 5.92 Å². The normalized spacial score (nSPS) is 23.2. The zero-order valence-electron chi connectivity index (χ0n) is 18.6. The molecule has 0 aliphatic carbocycles. The molecule has 0 spiro atoms. The Kier molecular flexibility index (Phi) is 8.27. The van der Waals surface area contributed by atoms with Gasteiger partial charge in [-0.3, -0.25) is 14.4 Å². The Bertz CT molecular complexity index is 857. The first-order valence-corrected chi connectivity index (χ1v) is 10.9. The average Bonchev–Trinajstić information content (AvgIpc) is 3.06. The van der Waals surface area contributed by atoms with Gasteiger partial charge in [-0.15, -0.1) is 0 Å². The highest BCUT2D eigenvalue weighted by Gasteiger charge is 2.45. The van der Waals surface area contributed by atoms with Crippen molar-refractivity contribution in [3.05, 3.63) is 30.1 Å². The topological polar surface area (TPSA) is 137 Å². The largest absolute Gasteiger partial charge is 0.483 e. The minimum absolute atomic E-state index is 0.145. The minimum Gasteiger partial charge on any atom is -0.481 e. The van der Waals surface area contributed by atoms with Gasteiger partial charge in [-0.2, -0.15) is 0 Å². The number of halogens is 1. The van der Waals surface area contributed by atoms with Crippen LogP contribution in [0.1, 0.15) is 33.1 Å². The molecule has 1 aromatic carbocycles. The van der Waals surface area contributed by atoms with E-state index in [0.29, 0.717) is 19.4 Å². The van der Waals surface area contributed by atoms with Crippen LogP contribution in [0.3, 0.4) is 0 Å². The molecular weight excluding hydrogens is 436 g/mol. The van der Waals surface area contributed by atoms with Gasteiger partial charge in [-0.25, -0.2) is 4.39 Å². The molecule has 4 unspecified atom stereocenters. The summed E-state index contributed by atoms with van der Waals surface area (Å²) in [4.78, 5) is 37.8. The summed E-state index contributed by atoms with van der Waals surface area (Å²) in [7, 11) is -1.01. The highest BCUT2D eigenvalue weighted by atomic mass is 19.1. The van der Waals surface area contributed by atoms with Gasteiger partial charge in [0.15, 0.2) is 6.29 Å². The molecule has 2 heterocycles. The fourth-order valence-corrected chi connectivity index (χ4v) is 3.90. The number of carbonyl (C=O) groups excluding carboxylic acids is 2. The van der Waals surface area contributed by atoms with Crippen molar-refractivity contribution in [2.45, 2.75) is 57.5 Å². The van der Waals surface area contributed by atoms with E-state index in [1.54, 1.807) is 12.1 Å². The monoisotopic (exact) mass is 465 g/mol. The molecular formula is C21H29BFN3O7. The van der Waals surface area contributed by atoms with Crippen LogP contribution in [-0.4, -0.2) is 72.6 Å². The summed E-state index contributed by atoms with van der Waals surface area (Å²) in [5, 5.41) is 24.2. The number of amides is 2. The van der Waals surface area contributed by atoms with Gasteiger partial charge in [0, 0.05) is 12.2 Å². The molecule has 2 fully saturated rings. The Morgan fingerprint density at radius 3 is 2.52 bits per heavy atom. The van der Waals surface area contributed by atoms with Crippen LogP contribution >= 0.6 is 0 Å². The van der Waals surface area contributed by atoms with Gasteiger partial charge >= 0.3 is 13.1 Å². The van der Waals surface area contributed by atoms with Crippen LogP contribution < -0.4 is 15.5 Å². The summed E-state index contributed by atoms with van der Waals surface area (Å²) in [5.41, 5.74) is 0.731. The Morgan fingerprint density at radius 2 is 1.94 bits per heavy atom. The van der Waals surface area contributed by atoms with Gasteiger partial charge < -0.3 is 35.1 Å². The van der Waals surface area contributed by atoms with Crippen molar-refractivity contribution in [3.8, 4) is 0 Å². The van der Waals surface area contributed by atoms with Crippen LogP contribution in [0.2, 0.25) is 0 Å². The molecule has 0 aromatic heterocycles. The lowest BCUT2D eigenvalue weighted by Gasteiger charge is -2.41. The highest BCUT2D eigenvalue weighted by Crippen LogP contribution is 2.26. The van der Waals surface area contributed by atoms with E-state index in [1.165, 1.54) is 12.1 Å². The van der Waals surface area contributed by atoms with E-state index in [-0.39, 0.29) is 24.2 Å². The Morgan fingerprint density at radius 1 is 1.24 bits per heavy atom. The fraction of sp³-hybridized carbons (Fsp3) is 0.571. The third-order valence-corrected chi connectivity index (χ3v) is 5.58. The summed E-state index contributed by atoms with van der Waals surface area (Å²) in [5.74, 6) is -2.77. The SMILES string of the molecule is CC(C)CC(NC(=O)CNC(=O)C1CCN1c1ccc(F)cc1)B1OC(O)C(CC(=O)O)O1. The van der Waals surface area contributed by atoms with E-state index in [4.69, 9.17) is 14.4 Å². The molecule has 2 amide bonds. The standard InChI is InChI=1S/C21H29BFN3O7/c1-12(2)9-17(22-32-16(10-19(28)29)21(31)33-22)25-18(27)11-24-20(30)15-7-8-26(15)14-5-3-13(23)4-6-14/h3-6,12,15-17,21,31H,7-11H2,1-2H3,(H,24,30)(H,25,27)(H,28,29). The van der Waals surface area contributed by atoms with Crippen molar-refractivity contribution in [1.82, 2.24) is 10.6 Å². The zero-order valence-corrected chi connectivity index (χ0v) is 18.6. The van der Waals surface area contributed by atoms with Crippen molar-refractivity contribution in [3.63, 3.8) is 0 Å². The number of carbonyl (C=O) groups is 3. The molecule has 0 bridgehead atoms. The molecule has 2 aliphatic rings. The Labute approximate surface area is 191 Å². The first-order valence-electron chi connectivity index (χ1n) is 10.9. The molecule has 0 radical (unpaired) electrons. The number of aliphatic hydroxyl groups excluding tert-OH is 1. The van der Waals surface area contributed by atoms with E-state index in [9.17, 15) is 23.9 Å². The van der Waals surface area contributed by atoms with E-state index < -0.39 is 49.8 Å². The summed E-state index contributed by atoms with van der Waals surface area (Å²) >= 11 is 0. The Balaban J connectivity index is 1.51. The number of anilines is 1. The number of aliphatic hydroxyl groups is 1. The molecule has 3 rings (SSSR count). The molecule has 2 saturated heterocycles. The number of nitrogens with one attached hydrogen (secondary N) is 2. The van der Waals surface area contributed by atoms with Gasteiger partial charge in [-0.1, -0.05) is 13.8 Å². The first-order chi connectivity index (χ1) is 15.6. The third kappa shape index (κ3) is 6.65. The van der Waals surface area contributed by atoms with Crippen molar-refractivity contribution in [2.75, 3.05) is 18.0 Å². The summed E-state index contributed by atoms with van der Waals surface area (Å²) in [6, 6.07) is 5.42. The molecule has 4 N–H and O–H groups in total. The predicted octanol–water partition coefficient (Wildman–Crippen LogP) is 0.287. The van der Waals surface area contributed by atoms with Crippen molar-refractivity contribution in [1.29, 1.82) is 0 Å².